The molecule has 3 heterocycles. The van der Waals surface area contributed by atoms with E-state index in [4.69, 9.17) is 23.2 Å². The standard InChI is InChI=1S/C26H26Cl2N4O3/c1-3-15(2)24-26(19-8-7-18(28)12-21(19)29-25(26)35)20(16-5-4-6-17(27)11-16)13-22-30-32(9-10-33)23(34)14-31(22)24/h4-8,11-12,20,24,33H,2-3,9-10,13-14H2,1H3,(H,29,35)/t20-,24+,26?/m0/s1. The third kappa shape index (κ3) is 3.64. The Hall–Kier alpha value is -2.87. The van der Waals surface area contributed by atoms with E-state index in [0.717, 1.165) is 16.7 Å². The van der Waals surface area contributed by atoms with Crippen LogP contribution in [0.2, 0.25) is 10.0 Å². The number of benzene rings is 2. The molecule has 3 atom stereocenters. The summed E-state index contributed by atoms with van der Waals surface area (Å²) >= 11 is 12.7. The zero-order valence-electron chi connectivity index (χ0n) is 19.3. The summed E-state index contributed by atoms with van der Waals surface area (Å²) in [6, 6.07) is 12.5. The van der Waals surface area contributed by atoms with Crippen LogP contribution in [0.5, 0.6) is 0 Å². The molecule has 182 valence electrons. The van der Waals surface area contributed by atoms with Crippen molar-refractivity contribution < 1.29 is 14.7 Å². The molecule has 1 unspecified atom stereocenters. The summed E-state index contributed by atoms with van der Waals surface area (Å²) in [5.41, 5.74) is 2.13. The van der Waals surface area contributed by atoms with Crippen molar-refractivity contribution in [2.45, 2.75) is 37.1 Å². The first-order chi connectivity index (χ1) is 16.8. The second-order valence-electron chi connectivity index (χ2n) is 9.12. The van der Waals surface area contributed by atoms with Gasteiger partial charge >= 0.3 is 0 Å². The lowest BCUT2D eigenvalue weighted by Gasteiger charge is -2.54. The fourth-order valence-corrected chi connectivity index (χ4v) is 6.18. The third-order valence-electron chi connectivity index (χ3n) is 7.30. The lowest BCUT2D eigenvalue weighted by Crippen LogP contribution is -2.66. The number of rotatable bonds is 5. The van der Waals surface area contributed by atoms with Gasteiger partial charge in [-0.3, -0.25) is 9.59 Å². The highest BCUT2D eigenvalue weighted by Crippen LogP contribution is 2.57. The first-order valence-electron chi connectivity index (χ1n) is 11.6. The van der Waals surface area contributed by atoms with Gasteiger partial charge in [0.15, 0.2) is 0 Å². The molecule has 1 saturated heterocycles. The van der Waals surface area contributed by atoms with E-state index in [1.807, 2.05) is 36.1 Å². The SMILES string of the molecule is C=C(CC)[C@H]1N2CC(=O)N(CCO)N=C2C[C@@H](c2cccc(Cl)c2)C12C(=O)Nc1cc(Cl)ccc12. The minimum atomic E-state index is -1.07. The summed E-state index contributed by atoms with van der Waals surface area (Å²) in [6.45, 7) is 6.33. The largest absolute Gasteiger partial charge is 0.394 e. The summed E-state index contributed by atoms with van der Waals surface area (Å²) in [5.74, 6) is -0.0500. The van der Waals surface area contributed by atoms with Gasteiger partial charge in [0, 0.05) is 28.1 Å². The number of anilines is 1. The van der Waals surface area contributed by atoms with Crippen molar-refractivity contribution in [2.24, 2.45) is 5.10 Å². The molecular weight excluding hydrogens is 487 g/mol. The summed E-state index contributed by atoms with van der Waals surface area (Å²) in [6.07, 6.45) is 1.02. The highest BCUT2D eigenvalue weighted by molar-refractivity contribution is 6.31. The predicted molar refractivity (Wildman–Crippen MR) is 137 cm³/mol. The Morgan fingerprint density at radius 2 is 2.00 bits per heavy atom. The topological polar surface area (TPSA) is 85.2 Å². The summed E-state index contributed by atoms with van der Waals surface area (Å²) < 4.78 is 0. The Morgan fingerprint density at radius 1 is 1.23 bits per heavy atom. The van der Waals surface area contributed by atoms with Crippen molar-refractivity contribution in [2.75, 3.05) is 25.0 Å². The van der Waals surface area contributed by atoms with Crippen molar-refractivity contribution in [3.05, 3.63) is 75.8 Å². The van der Waals surface area contributed by atoms with Gasteiger partial charge in [-0.2, -0.15) is 5.10 Å². The number of hydrogen-bond acceptors (Lipinski definition) is 5. The first kappa shape index (κ1) is 23.9. The number of piperidine rings is 1. The molecule has 3 aliphatic heterocycles. The van der Waals surface area contributed by atoms with Crippen LogP contribution in [0.3, 0.4) is 0 Å². The van der Waals surface area contributed by atoms with Gasteiger partial charge in [-0.1, -0.05) is 60.5 Å². The van der Waals surface area contributed by atoms with Gasteiger partial charge in [-0.25, -0.2) is 5.01 Å². The fraction of sp³-hybridized carbons (Fsp3) is 0.346. The Kier molecular flexibility index (Phi) is 6.11. The molecule has 9 heteroatoms. The molecule has 0 bridgehead atoms. The van der Waals surface area contributed by atoms with Crippen molar-refractivity contribution in [3.63, 3.8) is 0 Å². The number of nitrogens with zero attached hydrogens (tertiary/aromatic N) is 3. The number of carbonyl (C=O) groups is 2. The molecule has 2 aromatic carbocycles. The zero-order chi connectivity index (χ0) is 24.9. The van der Waals surface area contributed by atoms with Crippen LogP contribution in [-0.2, 0) is 15.0 Å². The lowest BCUT2D eigenvalue weighted by atomic mass is 9.58. The average Bonchev–Trinajstić information content (AvgIpc) is 3.10. The monoisotopic (exact) mass is 512 g/mol. The van der Waals surface area contributed by atoms with Gasteiger partial charge in [0.2, 0.25) is 5.91 Å². The first-order valence-corrected chi connectivity index (χ1v) is 12.4. The van der Waals surface area contributed by atoms with Crippen LogP contribution in [0.1, 0.15) is 36.8 Å². The number of hydrazone groups is 1. The number of fused-ring (bicyclic) bond motifs is 3. The van der Waals surface area contributed by atoms with Gasteiger partial charge in [-0.05, 0) is 41.8 Å². The van der Waals surface area contributed by atoms with E-state index < -0.39 is 11.5 Å². The van der Waals surface area contributed by atoms with Crippen molar-refractivity contribution in [1.82, 2.24) is 9.91 Å². The van der Waals surface area contributed by atoms with E-state index in [2.05, 4.69) is 17.0 Å². The van der Waals surface area contributed by atoms with Gasteiger partial charge < -0.3 is 15.3 Å². The van der Waals surface area contributed by atoms with Gasteiger partial charge in [0.1, 0.15) is 17.8 Å². The third-order valence-corrected chi connectivity index (χ3v) is 7.77. The van der Waals surface area contributed by atoms with Gasteiger partial charge in [0.25, 0.3) is 5.91 Å². The van der Waals surface area contributed by atoms with Crippen LogP contribution in [0.25, 0.3) is 0 Å². The average molecular weight is 513 g/mol. The molecule has 5 rings (SSSR count). The minimum absolute atomic E-state index is 0.0444. The number of hydrogen-bond donors (Lipinski definition) is 2. The number of aliphatic hydroxyl groups excluding tert-OH is 1. The maximum Gasteiger partial charge on any atom is 0.262 e. The number of aliphatic hydroxyl groups is 1. The van der Waals surface area contributed by atoms with Gasteiger partial charge in [-0.15, -0.1) is 0 Å². The number of carbonyl (C=O) groups excluding carboxylic acids is 2. The van der Waals surface area contributed by atoms with Crippen LogP contribution >= 0.6 is 23.2 Å². The summed E-state index contributed by atoms with van der Waals surface area (Å²) in [4.78, 5) is 29.0. The Labute approximate surface area is 214 Å². The zero-order valence-corrected chi connectivity index (χ0v) is 20.8. The van der Waals surface area contributed by atoms with E-state index in [9.17, 15) is 14.7 Å². The molecule has 0 aromatic heterocycles. The van der Waals surface area contributed by atoms with Crippen LogP contribution in [0, 0.1) is 0 Å². The number of nitrogens with one attached hydrogen (secondary N) is 1. The molecule has 0 aliphatic carbocycles. The van der Waals surface area contributed by atoms with Crippen LogP contribution in [0.4, 0.5) is 5.69 Å². The molecule has 1 fully saturated rings. The van der Waals surface area contributed by atoms with Crippen molar-refractivity contribution in [1.29, 1.82) is 0 Å². The van der Waals surface area contributed by atoms with Crippen LogP contribution in [-0.4, -0.2) is 58.4 Å². The molecule has 2 amide bonds. The molecule has 2 N–H and O–H groups in total. The number of amidine groups is 1. The lowest BCUT2D eigenvalue weighted by molar-refractivity contribution is -0.136. The van der Waals surface area contributed by atoms with E-state index in [1.54, 1.807) is 18.2 Å². The minimum Gasteiger partial charge on any atom is -0.394 e. The van der Waals surface area contributed by atoms with Crippen molar-refractivity contribution >= 4 is 46.5 Å². The molecule has 1 spiro atoms. The Bertz CT molecular complexity index is 1260. The molecule has 35 heavy (non-hydrogen) atoms. The predicted octanol–water partition coefficient (Wildman–Crippen LogP) is 4.16. The maximum absolute atomic E-state index is 14.1. The second-order valence-corrected chi connectivity index (χ2v) is 10.00. The number of amides is 2. The van der Waals surface area contributed by atoms with Crippen molar-refractivity contribution in [3.8, 4) is 0 Å². The summed E-state index contributed by atoms with van der Waals surface area (Å²) in [7, 11) is 0. The van der Waals surface area contributed by atoms with Crippen LogP contribution in [0.15, 0.2) is 59.7 Å². The number of β-amino-alcohol motifs (C(OH)–C–C–N with tert-alkyl or cyclic N) is 1. The van der Waals surface area contributed by atoms with Gasteiger partial charge in [0.05, 0.1) is 19.2 Å². The van der Waals surface area contributed by atoms with E-state index in [0.29, 0.717) is 34.4 Å². The van der Waals surface area contributed by atoms with E-state index in [-0.39, 0.29) is 37.4 Å². The molecule has 3 aliphatic rings. The highest BCUT2D eigenvalue weighted by atomic mass is 35.5. The maximum atomic E-state index is 14.1. The van der Waals surface area contributed by atoms with E-state index >= 15 is 0 Å². The molecule has 2 aromatic rings. The quantitative estimate of drug-likeness (QED) is 0.589. The molecule has 0 radical (unpaired) electrons. The second kappa shape index (κ2) is 8.97. The normalized spacial score (nSPS) is 25.3. The Balaban J connectivity index is 1.79. The van der Waals surface area contributed by atoms with Crippen LogP contribution < -0.4 is 5.32 Å². The van der Waals surface area contributed by atoms with E-state index in [1.165, 1.54) is 5.01 Å². The Morgan fingerprint density at radius 3 is 2.71 bits per heavy atom. The fourth-order valence-electron chi connectivity index (χ4n) is 5.80. The molecule has 7 nitrogen and oxygen atoms in total. The summed E-state index contributed by atoms with van der Waals surface area (Å²) in [5, 5.41) is 19.5. The molecular formula is C26H26Cl2N4O3. The highest BCUT2D eigenvalue weighted by Gasteiger charge is 2.63. The number of halogens is 2. The molecule has 0 saturated carbocycles. The smallest absolute Gasteiger partial charge is 0.262 e.